The van der Waals surface area contributed by atoms with Crippen LogP contribution in [0.1, 0.15) is 23.5 Å². The fourth-order valence-electron chi connectivity index (χ4n) is 2.23. The minimum Gasteiger partial charge on any atom is -0.493 e. The van der Waals surface area contributed by atoms with E-state index >= 15 is 0 Å². The summed E-state index contributed by atoms with van der Waals surface area (Å²) in [5.41, 5.74) is 1.48. The van der Waals surface area contributed by atoms with Gasteiger partial charge in [0.15, 0.2) is 11.5 Å². The van der Waals surface area contributed by atoms with Gasteiger partial charge >= 0.3 is 0 Å². The van der Waals surface area contributed by atoms with Gasteiger partial charge in [-0.3, -0.25) is 0 Å². The molecule has 0 radical (unpaired) electrons. The summed E-state index contributed by atoms with van der Waals surface area (Å²) in [6.07, 6.45) is 0.411. The summed E-state index contributed by atoms with van der Waals surface area (Å²) >= 11 is 0. The first-order valence-electron chi connectivity index (χ1n) is 7.07. The Hall–Kier alpha value is -2.54. The highest BCUT2D eigenvalue weighted by atomic mass is 19.1. The van der Waals surface area contributed by atoms with Gasteiger partial charge in [0, 0.05) is 12.0 Å². The van der Waals surface area contributed by atoms with Crippen LogP contribution in [0.3, 0.4) is 0 Å². The van der Waals surface area contributed by atoms with Crippen molar-refractivity contribution in [2.45, 2.75) is 19.3 Å². The van der Waals surface area contributed by atoms with Crippen LogP contribution in [0, 0.1) is 24.1 Å². The first kappa shape index (κ1) is 15.8. The Kier molecular flexibility index (Phi) is 5.37. The van der Waals surface area contributed by atoms with Crippen LogP contribution in [0.5, 0.6) is 11.5 Å². The van der Waals surface area contributed by atoms with Gasteiger partial charge < -0.3 is 9.47 Å². The molecular weight excluding hydrogens is 281 g/mol. The predicted octanol–water partition coefficient (Wildman–Crippen LogP) is 4.22. The monoisotopic (exact) mass is 299 g/mol. The minimum atomic E-state index is -0.530. The first-order valence-corrected chi connectivity index (χ1v) is 7.07. The highest BCUT2D eigenvalue weighted by Crippen LogP contribution is 2.29. The number of nitriles is 1. The van der Waals surface area contributed by atoms with Crippen molar-refractivity contribution < 1.29 is 13.9 Å². The number of aryl methyl sites for hydroxylation is 1. The molecule has 2 aromatic carbocycles. The number of ether oxygens (including phenoxy) is 2. The average Bonchev–Trinajstić information content (AvgIpc) is 2.53. The van der Waals surface area contributed by atoms with E-state index in [4.69, 9.17) is 9.47 Å². The highest BCUT2D eigenvalue weighted by Gasteiger charge is 2.15. The standard InChI is InChI=1S/C18H18FNO2/c1-13-7-8-17(18(11-13)21-2)22-10-9-14(12-20)15-5-3-4-6-16(15)19/h3-8,11,14H,9-10H2,1-2H3. The van der Waals surface area contributed by atoms with Crippen molar-refractivity contribution in [1.29, 1.82) is 5.26 Å². The van der Waals surface area contributed by atoms with Crippen molar-refractivity contribution in [3.63, 3.8) is 0 Å². The van der Waals surface area contributed by atoms with E-state index in [2.05, 4.69) is 6.07 Å². The fraction of sp³-hybridized carbons (Fsp3) is 0.278. The number of hydrogen-bond donors (Lipinski definition) is 0. The van der Waals surface area contributed by atoms with E-state index < -0.39 is 5.92 Å². The molecule has 0 aromatic heterocycles. The van der Waals surface area contributed by atoms with E-state index in [1.807, 2.05) is 25.1 Å². The lowest BCUT2D eigenvalue weighted by Gasteiger charge is -2.14. The van der Waals surface area contributed by atoms with Gasteiger partial charge in [0.25, 0.3) is 0 Å². The number of halogens is 1. The van der Waals surface area contributed by atoms with Crippen LogP contribution in [-0.4, -0.2) is 13.7 Å². The van der Waals surface area contributed by atoms with E-state index in [0.29, 0.717) is 30.1 Å². The second kappa shape index (κ2) is 7.46. The number of rotatable bonds is 6. The highest BCUT2D eigenvalue weighted by molar-refractivity contribution is 5.42. The number of nitrogens with zero attached hydrogens (tertiary/aromatic N) is 1. The van der Waals surface area contributed by atoms with E-state index in [9.17, 15) is 9.65 Å². The predicted molar refractivity (Wildman–Crippen MR) is 82.6 cm³/mol. The average molecular weight is 299 g/mol. The zero-order chi connectivity index (χ0) is 15.9. The van der Waals surface area contributed by atoms with Gasteiger partial charge in [0.2, 0.25) is 0 Å². The summed E-state index contributed by atoms with van der Waals surface area (Å²) in [6, 6.07) is 14.1. The first-order chi connectivity index (χ1) is 10.7. The molecule has 0 saturated carbocycles. The summed E-state index contributed by atoms with van der Waals surface area (Å²) in [5, 5.41) is 9.24. The van der Waals surface area contributed by atoms with Crippen LogP contribution < -0.4 is 9.47 Å². The molecule has 1 atom stereocenters. The summed E-state index contributed by atoms with van der Waals surface area (Å²) in [7, 11) is 1.58. The molecule has 22 heavy (non-hydrogen) atoms. The van der Waals surface area contributed by atoms with Gasteiger partial charge in [-0.05, 0) is 30.7 Å². The molecule has 0 saturated heterocycles. The maximum Gasteiger partial charge on any atom is 0.161 e. The Morgan fingerprint density at radius 2 is 1.95 bits per heavy atom. The number of hydrogen-bond acceptors (Lipinski definition) is 3. The Bertz CT molecular complexity index is 679. The summed E-state index contributed by atoms with van der Waals surface area (Å²) < 4.78 is 24.7. The van der Waals surface area contributed by atoms with Crippen LogP contribution in [0.2, 0.25) is 0 Å². The van der Waals surface area contributed by atoms with Crippen LogP contribution in [0.15, 0.2) is 42.5 Å². The Morgan fingerprint density at radius 1 is 1.18 bits per heavy atom. The largest absolute Gasteiger partial charge is 0.493 e. The molecule has 1 unspecified atom stereocenters. The van der Waals surface area contributed by atoms with E-state index in [1.54, 1.807) is 25.3 Å². The smallest absolute Gasteiger partial charge is 0.161 e. The van der Waals surface area contributed by atoms with Crippen LogP contribution >= 0.6 is 0 Å². The molecular formula is C18H18FNO2. The SMILES string of the molecule is COc1cc(C)ccc1OCCC(C#N)c1ccccc1F. The second-order valence-electron chi connectivity index (χ2n) is 4.99. The quantitative estimate of drug-likeness (QED) is 0.802. The van der Waals surface area contributed by atoms with Gasteiger partial charge in [-0.1, -0.05) is 24.3 Å². The van der Waals surface area contributed by atoms with Crippen LogP contribution in [0.4, 0.5) is 4.39 Å². The molecule has 4 heteroatoms. The Labute approximate surface area is 129 Å². The molecule has 2 rings (SSSR count). The van der Waals surface area contributed by atoms with Gasteiger partial charge in [-0.2, -0.15) is 5.26 Å². The van der Waals surface area contributed by atoms with Crippen molar-refractivity contribution in [2.24, 2.45) is 0 Å². The van der Waals surface area contributed by atoms with Crippen LogP contribution in [0.25, 0.3) is 0 Å². The lowest BCUT2D eigenvalue weighted by molar-refractivity contribution is 0.285. The number of methoxy groups -OCH3 is 1. The lowest BCUT2D eigenvalue weighted by Crippen LogP contribution is -2.06. The molecule has 0 aliphatic rings. The van der Waals surface area contributed by atoms with Crippen LogP contribution in [-0.2, 0) is 0 Å². The molecule has 0 amide bonds. The molecule has 114 valence electrons. The third kappa shape index (κ3) is 3.76. The van der Waals surface area contributed by atoms with Gasteiger partial charge in [0.1, 0.15) is 5.82 Å². The zero-order valence-electron chi connectivity index (χ0n) is 12.7. The second-order valence-corrected chi connectivity index (χ2v) is 4.99. The van der Waals surface area contributed by atoms with E-state index in [-0.39, 0.29) is 5.82 Å². The zero-order valence-corrected chi connectivity index (χ0v) is 12.7. The minimum absolute atomic E-state index is 0.311. The van der Waals surface area contributed by atoms with Crippen molar-refractivity contribution in [3.8, 4) is 17.6 Å². The van der Waals surface area contributed by atoms with Crippen molar-refractivity contribution in [1.82, 2.24) is 0 Å². The van der Waals surface area contributed by atoms with Gasteiger partial charge in [-0.15, -0.1) is 0 Å². The molecule has 0 N–H and O–H groups in total. The molecule has 3 nitrogen and oxygen atoms in total. The normalized spacial score (nSPS) is 11.5. The summed E-state index contributed by atoms with van der Waals surface area (Å²) in [4.78, 5) is 0. The molecule has 0 bridgehead atoms. The maximum absolute atomic E-state index is 13.7. The lowest BCUT2D eigenvalue weighted by atomic mass is 9.97. The van der Waals surface area contributed by atoms with E-state index in [0.717, 1.165) is 5.56 Å². The van der Waals surface area contributed by atoms with E-state index in [1.165, 1.54) is 6.07 Å². The van der Waals surface area contributed by atoms with Gasteiger partial charge in [0.05, 0.1) is 25.7 Å². The van der Waals surface area contributed by atoms with Gasteiger partial charge in [-0.25, -0.2) is 4.39 Å². The molecule has 0 heterocycles. The molecule has 0 aliphatic carbocycles. The molecule has 0 fully saturated rings. The summed E-state index contributed by atoms with van der Waals surface area (Å²) in [6.45, 7) is 2.28. The molecule has 2 aromatic rings. The van der Waals surface area contributed by atoms with Crippen molar-refractivity contribution >= 4 is 0 Å². The number of benzene rings is 2. The Balaban J connectivity index is 2.01. The Morgan fingerprint density at radius 3 is 2.64 bits per heavy atom. The third-order valence-corrected chi connectivity index (χ3v) is 3.42. The topological polar surface area (TPSA) is 42.2 Å². The molecule has 0 aliphatic heterocycles. The van der Waals surface area contributed by atoms with Crippen molar-refractivity contribution in [3.05, 3.63) is 59.4 Å². The molecule has 0 spiro atoms. The maximum atomic E-state index is 13.7. The summed E-state index contributed by atoms with van der Waals surface area (Å²) in [5.74, 6) is 0.386. The third-order valence-electron chi connectivity index (χ3n) is 3.42. The fourth-order valence-corrected chi connectivity index (χ4v) is 2.23. The van der Waals surface area contributed by atoms with Crippen molar-refractivity contribution in [2.75, 3.05) is 13.7 Å².